The number of hydrogen-bond acceptors (Lipinski definition) is 2. The Bertz CT molecular complexity index is 237. The van der Waals surface area contributed by atoms with Crippen LogP contribution in [0.2, 0.25) is 25.2 Å². The van der Waals surface area contributed by atoms with E-state index >= 15 is 0 Å². The van der Waals surface area contributed by atoms with Gasteiger partial charge in [0.2, 0.25) is 0 Å². The molecule has 0 saturated carbocycles. The van der Waals surface area contributed by atoms with E-state index in [4.69, 9.17) is 5.11 Å². The summed E-state index contributed by atoms with van der Waals surface area (Å²) in [5.74, 6) is 0. The summed E-state index contributed by atoms with van der Waals surface area (Å²) < 4.78 is 4.67. The lowest BCUT2D eigenvalue weighted by Crippen LogP contribution is -2.33. The van der Waals surface area contributed by atoms with Crippen molar-refractivity contribution in [3.63, 3.8) is 0 Å². The van der Waals surface area contributed by atoms with Crippen LogP contribution in [0, 0.1) is 0 Å². The molecule has 88 valence electrons. The van der Waals surface area contributed by atoms with Gasteiger partial charge in [-0.3, -0.25) is 0 Å². The Kier molecular flexibility index (Phi) is 6.59. The van der Waals surface area contributed by atoms with Crippen molar-refractivity contribution in [3.05, 3.63) is 11.3 Å². The third-order valence-corrected chi connectivity index (χ3v) is 7.75. The Labute approximate surface area is 95.4 Å². The second-order valence-electron chi connectivity index (χ2n) is 4.71. The monoisotopic (exact) mass is 246 g/mol. The number of ether oxygens (including phenoxy) is 1. The van der Waals surface area contributed by atoms with Crippen molar-refractivity contribution in [1.82, 2.24) is 0 Å². The van der Waals surface area contributed by atoms with E-state index in [1.165, 1.54) is 12.1 Å². The Morgan fingerprint density at radius 1 is 1.53 bits per heavy atom. The molecule has 0 heterocycles. The second kappa shape index (κ2) is 6.84. The van der Waals surface area contributed by atoms with Crippen molar-refractivity contribution >= 4 is 23.7 Å². The van der Waals surface area contributed by atoms with Gasteiger partial charge in [-0.2, -0.15) is 0 Å². The zero-order valence-electron chi connectivity index (χ0n) is 10.2. The molecule has 0 aliphatic carbocycles. The highest BCUT2D eigenvalue weighted by Crippen LogP contribution is 2.13. The van der Waals surface area contributed by atoms with Crippen LogP contribution in [-0.2, 0) is 4.74 Å². The molecule has 0 aromatic rings. The molecular weight excluding hydrogens is 224 g/mol. The standard InChI is InChI=1S/C10H22O3Si2/c1-5-9(2)14-6-7-15(3,4)8-13-10(11)12/h5H,6-8,14H2,1-4H3,(H,11,12). The van der Waals surface area contributed by atoms with Gasteiger partial charge >= 0.3 is 6.16 Å². The van der Waals surface area contributed by atoms with E-state index in [1.54, 1.807) is 5.20 Å². The van der Waals surface area contributed by atoms with Gasteiger partial charge in [0.15, 0.2) is 0 Å². The molecule has 0 atom stereocenters. The molecule has 0 rings (SSSR count). The average Bonchev–Trinajstić information content (AvgIpc) is 2.14. The lowest BCUT2D eigenvalue weighted by Gasteiger charge is -2.20. The summed E-state index contributed by atoms with van der Waals surface area (Å²) in [5.41, 5.74) is 0. The summed E-state index contributed by atoms with van der Waals surface area (Å²) in [6, 6.07) is 2.45. The largest absolute Gasteiger partial charge is 0.505 e. The average molecular weight is 246 g/mol. The molecule has 0 aliphatic rings. The predicted octanol–water partition coefficient (Wildman–Crippen LogP) is 2.44. The fraction of sp³-hybridized carbons (Fsp3) is 0.700. The maximum atomic E-state index is 10.3. The van der Waals surface area contributed by atoms with Gasteiger partial charge in [0.1, 0.15) is 0 Å². The molecule has 0 radical (unpaired) electrons. The zero-order valence-corrected chi connectivity index (χ0v) is 12.6. The minimum absolute atomic E-state index is 0.0876. The van der Waals surface area contributed by atoms with Crippen molar-refractivity contribution in [1.29, 1.82) is 0 Å². The van der Waals surface area contributed by atoms with Gasteiger partial charge in [0.25, 0.3) is 0 Å². The van der Waals surface area contributed by atoms with Crippen molar-refractivity contribution in [2.45, 2.75) is 39.0 Å². The Morgan fingerprint density at radius 3 is 2.60 bits per heavy atom. The Hall–Kier alpha value is -0.556. The van der Waals surface area contributed by atoms with E-state index in [0.29, 0.717) is 6.23 Å². The van der Waals surface area contributed by atoms with E-state index < -0.39 is 14.2 Å². The van der Waals surface area contributed by atoms with Crippen molar-refractivity contribution in [2.75, 3.05) is 6.23 Å². The van der Waals surface area contributed by atoms with E-state index in [0.717, 1.165) is 0 Å². The van der Waals surface area contributed by atoms with Crippen LogP contribution in [0.15, 0.2) is 11.3 Å². The van der Waals surface area contributed by atoms with Crippen LogP contribution >= 0.6 is 0 Å². The number of carboxylic acid groups (broad SMARTS) is 1. The van der Waals surface area contributed by atoms with Crippen LogP contribution in [-0.4, -0.2) is 35.1 Å². The minimum Gasteiger partial charge on any atom is -0.450 e. The topological polar surface area (TPSA) is 46.5 Å². The van der Waals surface area contributed by atoms with E-state index in [2.05, 4.69) is 37.8 Å². The van der Waals surface area contributed by atoms with Crippen LogP contribution in [0.25, 0.3) is 0 Å². The molecule has 5 heteroatoms. The summed E-state index contributed by atoms with van der Waals surface area (Å²) in [4.78, 5) is 10.3. The fourth-order valence-corrected chi connectivity index (χ4v) is 7.36. The van der Waals surface area contributed by atoms with Crippen LogP contribution in [0.3, 0.4) is 0 Å². The highest BCUT2D eigenvalue weighted by Gasteiger charge is 2.22. The van der Waals surface area contributed by atoms with E-state index in [-0.39, 0.29) is 9.52 Å². The molecule has 3 nitrogen and oxygen atoms in total. The van der Waals surface area contributed by atoms with Crippen LogP contribution in [0.1, 0.15) is 13.8 Å². The molecule has 0 aromatic heterocycles. The number of hydrogen-bond donors (Lipinski definition) is 1. The van der Waals surface area contributed by atoms with Crippen LogP contribution < -0.4 is 0 Å². The Balaban J connectivity index is 3.78. The summed E-state index contributed by atoms with van der Waals surface area (Å²) in [6.45, 7) is 8.65. The lowest BCUT2D eigenvalue weighted by atomic mass is 10.6. The number of allylic oxidation sites excluding steroid dienone is 2. The predicted molar refractivity (Wildman–Crippen MR) is 69.0 cm³/mol. The molecule has 0 aromatic carbocycles. The van der Waals surface area contributed by atoms with Gasteiger partial charge in [0.05, 0.1) is 14.3 Å². The maximum Gasteiger partial charge on any atom is 0.505 e. The molecule has 15 heavy (non-hydrogen) atoms. The van der Waals surface area contributed by atoms with Crippen molar-refractivity contribution in [3.8, 4) is 0 Å². The quantitative estimate of drug-likeness (QED) is 0.578. The Morgan fingerprint density at radius 2 is 2.13 bits per heavy atom. The van der Waals surface area contributed by atoms with Gasteiger partial charge < -0.3 is 9.84 Å². The van der Waals surface area contributed by atoms with Gasteiger partial charge in [-0.1, -0.05) is 36.5 Å². The normalized spacial score (nSPS) is 13.5. The first-order valence-corrected chi connectivity index (χ1v) is 10.5. The molecule has 0 fully saturated rings. The molecule has 0 unspecified atom stereocenters. The highest BCUT2D eigenvalue weighted by molar-refractivity contribution is 6.78. The maximum absolute atomic E-state index is 10.3. The summed E-state index contributed by atoms with van der Waals surface area (Å²) in [5, 5.41) is 9.97. The SMILES string of the molecule is CC=C(C)[SiH2]CC[Si](C)(C)COC(=O)O. The highest BCUT2D eigenvalue weighted by atomic mass is 28.3. The summed E-state index contributed by atoms with van der Waals surface area (Å²) in [7, 11) is -1.53. The first kappa shape index (κ1) is 14.4. The summed E-state index contributed by atoms with van der Waals surface area (Å²) >= 11 is 0. The van der Waals surface area contributed by atoms with Gasteiger partial charge in [-0.15, -0.1) is 0 Å². The zero-order chi connectivity index (χ0) is 11.9. The van der Waals surface area contributed by atoms with Crippen molar-refractivity contribution in [2.24, 2.45) is 0 Å². The molecule has 0 spiro atoms. The molecule has 0 saturated heterocycles. The lowest BCUT2D eigenvalue weighted by molar-refractivity contribution is 0.105. The number of rotatable bonds is 6. The van der Waals surface area contributed by atoms with Crippen molar-refractivity contribution < 1.29 is 14.6 Å². The van der Waals surface area contributed by atoms with Gasteiger partial charge in [0, 0.05) is 9.52 Å². The second-order valence-corrected chi connectivity index (χ2v) is 12.1. The first-order chi connectivity index (χ1) is 6.87. The smallest absolute Gasteiger partial charge is 0.450 e. The molecule has 0 aliphatic heterocycles. The van der Waals surface area contributed by atoms with Crippen LogP contribution in [0.4, 0.5) is 4.79 Å². The minimum atomic E-state index is -1.44. The molecule has 1 N–H and O–H groups in total. The van der Waals surface area contributed by atoms with E-state index in [9.17, 15) is 4.79 Å². The summed E-state index contributed by atoms with van der Waals surface area (Å²) in [6.07, 6.45) is 1.48. The third-order valence-electron chi connectivity index (χ3n) is 2.50. The van der Waals surface area contributed by atoms with Crippen LogP contribution in [0.5, 0.6) is 0 Å². The molecule has 0 bridgehead atoms. The molecule has 0 amide bonds. The fourth-order valence-electron chi connectivity index (χ4n) is 1.32. The first-order valence-electron chi connectivity index (χ1n) is 5.35. The number of carbonyl (C=O) groups is 1. The third kappa shape index (κ3) is 8.44. The van der Waals surface area contributed by atoms with Gasteiger partial charge in [-0.05, 0) is 13.8 Å². The molecular formula is C10H22O3Si2. The van der Waals surface area contributed by atoms with Gasteiger partial charge in [-0.25, -0.2) is 4.79 Å². The van der Waals surface area contributed by atoms with E-state index in [1.807, 2.05) is 0 Å².